The molecule has 0 aliphatic carbocycles. The minimum absolute atomic E-state index is 0.162. The molecule has 0 unspecified atom stereocenters. The summed E-state index contributed by atoms with van der Waals surface area (Å²) in [6.45, 7) is 5.80. The second kappa shape index (κ2) is 5.11. The van der Waals surface area contributed by atoms with Crippen molar-refractivity contribution in [3.8, 4) is 0 Å². The van der Waals surface area contributed by atoms with Crippen LogP contribution in [-0.2, 0) is 11.2 Å². The Balaban J connectivity index is 2.35. The van der Waals surface area contributed by atoms with E-state index < -0.39 is 0 Å². The fourth-order valence-corrected chi connectivity index (χ4v) is 0.934. The van der Waals surface area contributed by atoms with Gasteiger partial charge in [0.05, 0.1) is 11.4 Å². The summed E-state index contributed by atoms with van der Waals surface area (Å²) in [5.74, 6) is -0.162. The Morgan fingerprint density at radius 1 is 1.57 bits per heavy atom. The zero-order chi connectivity index (χ0) is 10.4. The highest BCUT2D eigenvalue weighted by Crippen LogP contribution is 1.93. The summed E-state index contributed by atoms with van der Waals surface area (Å²) in [6.07, 6.45) is 5.37. The molecule has 0 bridgehead atoms. The number of nitrogens with zero attached hydrogens (tertiary/aromatic N) is 2. The van der Waals surface area contributed by atoms with E-state index in [4.69, 9.17) is 0 Å². The van der Waals surface area contributed by atoms with Gasteiger partial charge in [-0.15, -0.1) is 0 Å². The highest BCUT2D eigenvalue weighted by molar-refractivity contribution is 5.86. The molecule has 1 aromatic heterocycles. The maximum Gasteiger partial charge on any atom is 0.243 e. The number of aromatic nitrogens is 2. The average molecular weight is 191 g/mol. The van der Waals surface area contributed by atoms with E-state index in [1.807, 2.05) is 6.92 Å². The van der Waals surface area contributed by atoms with Crippen LogP contribution >= 0.6 is 0 Å². The lowest BCUT2D eigenvalue weighted by molar-refractivity contribution is -0.116. The maximum atomic E-state index is 10.8. The maximum absolute atomic E-state index is 10.8. The van der Waals surface area contributed by atoms with E-state index in [1.165, 1.54) is 6.08 Å². The third-order valence-electron chi connectivity index (χ3n) is 1.70. The van der Waals surface area contributed by atoms with E-state index in [0.29, 0.717) is 13.0 Å². The number of hydrogen-bond acceptors (Lipinski definition) is 3. The van der Waals surface area contributed by atoms with E-state index in [0.717, 1.165) is 11.4 Å². The fraction of sp³-hybridized carbons (Fsp3) is 0.300. The van der Waals surface area contributed by atoms with Crippen molar-refractivity contribution in [1.29, 1.82) is 0 Å². The Morgan fingerprint density at radius 2 is 2.36 bits per heavy atom. The number of amides is 1. The van der Waals surface area contributed by atoms with Crippen LogP contribution in [0, 0.1) is 6.92 Å². The van der Waals surface area contributed by atoms with Crippen molar-refractivity contribution in [2.24, 2.45) is 0 Å². The van der Waals surface area contributed by atoms with Gasteiger partial charge in [-0.2, -0.15) is 0 Å². The Kier molecular flexibility index (Phi) is 3.79. The highest BCUT2D eigenvalue weighted by Gasteiger charge is 1.96. The fourth-order valence-electron chi connectivity index (χ4n) is 0.934. The molecule has 0 fully saturated rings. The van der Waals surface area contributed by atoms with Crippen molar-refractivity contribution in [2.45, 2.75) is 13.3 Å². The Hall–Kier alpha value is -1.71. The summed E-state index contributed by atoms with van der Waals surface area (Å²) in [7, 11) is 0. The van der Waals surface area contributed by atoms with Gasteiger partial charge in [-0.25, -0.2) is 0 Å². The normalized spacial score (nSPS) is 9.50. The molecule has 1 rings (SSSR count). The van der Waals surface area contributed by atoms with Crippen LogP contribution < -0.4 is 5.32 Å². The van der Waals surface area contributed by atoms with Crippen molar-refractivity contribution < 1.29 is 4.79 Å². The summed E-state index contributed by atoms with van der Waals surface area (Å²) in [6, 6.07) is 0. The first kappa shape index (κ1) is 10.4. The predicted octanol–water partition coefficient (Wildman–Crippen LogP) is 0.630. The van der Waals surface area contributed by atoms with Crippen molar-refractivity contribution in [3.63, 3.8) is 0 Å². The monoisotopic (exact) mass is 191 g/mol. The zero-order valence-electron chi connectivity index (χ0n) is 8.16. The predicted molar refractivity (Wildman–Crippen MR) is 53.7 cm³/mol. The van der Waals surface area contributed by atoms with Crippen molar-refractivity contribution in [1.82, 2.24) is 15.3 Å². The van der Waals surface area contributed by atoms with Crippen LogP contribution in [0.3, 0.4) is 0 Å². The standard InChI is InChI=1S/C10H13N3O/c1-3-10(14)11-5-4-9-7-12-8(2)6-13-9/h3,6-7H,1,4-5H2,2H3,(H,11,14). The minimum atomic E-state index is -0.162. The van der Waals surface area contributed by atoms with E-state index >= 15 is 0 Å². The lowest BCUT2D eigenvalue weighted by atomic mass is 10.3. The van der Waals surface area contributed by atoms with Gasteiger partial charge in [0.25, 0.3) is 0 Å². The molecular weight excluding hydrogens is 178 g/mol. The van der Waals surface area contributed by atoms with Crippen LogP contribution in [0.4, 0.5) is 0 Å². The lowest BCUT2D eigenvalue weighted by Gasteiger charge is -2.01. The van der Waals surface area contributed by atoms with Gasteiger partial charge in [-0.05, 0) is 13.0 Å². The highest BCUT2D eigenvalue weighted by atomic mass is 16.1. The zero-order valence-corrected chi connectivity index (χ0v) is 8.16. The van der Waals surface area contributed by atoms with Crippen LogP contribution in [-0.4, -0.2) is 22.4 Å². The molecule has 4 nitrogen and oxygen atoms in total. The van der Waals surface area contributed by atoms with Crippen LogP contribution in [0.5, 0.6) is 0 Å². The Labute approximate surface area is 83.1 Å². The van der Waals surface area contributed by atoms with Gasteiger partial charge in [0.15, 0.2) is 0 Å². The van der Waals surface area contributed by atoms with Gasteiger partial charge < -0.3 is 5.32 Å². The molecule has 1 N–H and O–H groups in total. The topological polar surface area (TPSA) is 54.9 Å². The largest absolute Gasteiger partial charge is 0.352 e. The van der Waals surface area contributed by atoms with Gasteiger partial charge in [0.2, 0.25) is 5.91 Å². The molecule has 0 aromatic carbocycles. The first-order valence-corrected chi connectivity index (χ1v) is 4.40. The van der Waals surface area contributed by atoms with Crippen molar-refractivity contribution in [3.05, 3.63) is 36.4 Å². The Bertz CT molecular complexity index is 319. The third-order valence-corrected chi connectivity index (χ3v) is 1.70. The van der Waals surface area contributed by atoms with Gasteiger partial charge in [-0.1, -0.05) is 6.58 Å². The van der Waals surface area contributed by atoms with Gasteiger partial charge >= 0.3 is 0 Å². The molecule has 74 valence electrons. The summed E-state index contributed by atoms with van der Waals surface area (Å²) in [5, 5.41) is 2.67. The van der Waals surface area contributed by atoms with Crippen LogP contribution in [0.2, 0.25) is 0 Å². The lowest BCUT2D eigenvalue weighted by Crippen LogP contribution is -2.23. The number of carbonyl (C=O) groups excluding carboxylic acids is 1. The molecule has 1 amide bonds. The van der Waals surface area contributed by atoms with Crippen LogP contribution in [0.25, 0.3) is 0 Å². The molecule has 0 aliphatic heterocycles. The molecule has 1 aromatic rings. The minimum Gasteiger partial charge on any atom is -0.352 e. The van der Waals surface area contributed by atoms with E-state index in [9.17, 15) is 4.79 Å². The molecule has 0 atom stereocenters. The summed E-state index contributed by atoms with van der Waals surface area (Å²) in [5.41, 5.74) is 1.77. The molecule has 4 heteroatoms. The average Bonchev–Trinajstić information content (AvgIpc) is 2.21. The number of hydrogen-bond donors (Lipinski definition) is 1. The molecule has 14 heavy (non-hydrogen) atoms. The number of aryl methyl sites for hydroxylation is 1. The smallest absolute Gasteiger partial charge is 0.243 e. The SMILES string of the molecule is C=CC(=O)NCCc1cnc(C)cn1. The number of rotatable bonds is 4. The Morgan fingerprint density at radius 3 is 2.93 bits per heavy atom. The van der Waals surface area contributed by atoms with Gasteiger partial charge in [-0.3, -0.25) is 14.8 Å². The quantitative estimate of drug-likeness (QED) is 0.710. The van der Waals surface area contributed by atoms with Crippen molar-refractivity contribution >= 4 is 5.91 Å². The second-order valence-electron chi connectivity index (χ2n) is 2.89. The molecular formula is C10H13N3O. The van der Waals surface area contributed by atoms with Crippen molar-refractivity contribution in [2.75, 3.05) is 6.54 Å². The van der Waals surface area contributed by atoms with Gasteiger partial charge in [0.1, 0.15) is 0 Å². The summed E-state index contributed by atoms with van der Waals surface area (Å²) in [4.78, 5) is 19.1. The summed E-state index contributed by atoms with van der Waals surface area (Å²) < 4.78 is 0. The van der Waals surface area contributed by atoms with Gasteiger partial charge in [0, 0.05) is 25.4 Å². The van der Waals surface area contributed by atoms with E-state index in [2.05, 4.69) is 21.9 Å². The molecule has 0 radical (unpaired) electrons. The first-order valence-electron chi connectivity index (χ1n) is 4.40. The molecule has 0 saturated heterocycles. The first-order chi connectivity index (χ1) is 6.72. The molecule has 0 saturated carbocycles. The molecule has 0 spiro atoms. The second-order valence-corrected chi connectivity index (χ2v) is 2.89. The molecule has 0 aliphatic rings. The third kappa shape index (κ3) is 3.35. The summed E-state index contributed by atoms with van der Waals surface area (Å²) >= 11 is 0. The van der Waals surface area contributed by atoms with Crippen LogP contribution in [0.15, 0.2) is 25.0 Å². The molecule has 1 heterocycles. The number of nitrogens with one attached hydrogen (secondary N) is 1. The van der Waals surface area contributed by atoms with Crippen LogP contribution in [0.1, 0.15) is 11.4 Å². The number of carbonyl (C=O) groups is 1. The van der Waals surface area contributed by atoms with E-state index in [1.54, 1.807) is 12.4 Å². The van der Waals surface area contributed by atoms with E-state index in [-0.39, 0.29) is 5.91 Å².